The molecule has 0 aromatic rings. The lowest BCUT2D eigenvalue weighted by Crippen LogP contribution is -2.64. The fourth-order valence-electron chi connectivity index (χ4n) is 1.03. The minimum absolute atomic E-state index is 0.165. The van der Waals surface area contributed by atoms with E-state index in [2.05, 4.69) is 10.6 Å². The molecule has 0 atom stereocenters. The van der Waals surface area contributed by atoms with Crippen molar-refractivity contribution in [3.63, 3.8) is 0 Å². The predicted molar refractivity (Wildman–Crippen MR) is 73.4 cm³/mol. The van der Waals surface area contributed by atoms with Gasteiger partial charge in [-0.15, -0.1) is 0 Å². The number of ketones is 1. The van der Waals surface area contributed by atoms with Gasteiger partial charge in [-0.05, 0) is 48.5 Å². The fourth-order valence-corrected chi connectivity index (χ4v) is 1.03. The van der Waals surface area contributed by atoms with Crippen LogP contribution in [0.1, 0.15) is 48.5 Å². The molecule has 4 N–H and O–H groups in total. The minimum Gasteiger partial charge on any atom is -0.342 e. The molecule has 0 fully saturated rings. The lowest BCUT2D eigenvalue weighted by Gasteiger charge is -2.32. The molecule has 0 aliphatic carbocycles. The molecule has 110 valence electrons. The number of hydrogen-bond donors (Lipinski definition) is 3. The highest BCUT2D eigenvalue weighted by Crippen LogP contribution is 2.10. The van der Waals surface area contributed by atoms with Crippen molar-refractivity contribution >= 4 is 17.6 Å². The number of nitrogens with one attached hydrogen (secondary N) is 2. The molecule has 0 bridgehead atoms. The van der Waals surface area contributed by atoms with E-state index in [1.165, 1.54) is 6.92 Å². The first-order chi connectivity index (χ1) is 8.20. The van der Waals surface area contributed by atoms with Crippen LogP contribution < -0.4 is 16.4 Å². The lowest BCUT2D eigenvalue weighted by atomic mass is 9.95. The van der Waals surface area contributed by atoms with E-state index in [-0.39, 0.29) is 5.78 Å². The zero-order valence-electron chi connectivity index (χ0n) is 12.8. The summed E-state index contributed by atoms with van der Waals surface area (Å²) in [4.78, 5) is 35.3. The van der Waals surface area contributed by atoms with E-state index < -0.39 is 28.4 Å². The summed E-state index contributed by atoms with van der Waals surface area (Å²) < 4.78 is 0. The van der Waals surface area contributed by atoms with E-state index in [0.717, 1.165) is 0 Å². The summed E-state index contributed by atoms with van der Waals surface area (Å²) in [5.74, 6) is -1.04. The Morgan fingerprint density at radius 1 is 0.789 bits per heavy atom. The average Bonchev–Trinajstić information content (AvgIpc) is 2.14. The number of carbonyl (C=O) groups excluding carboxylic acids is 3. The van der Waals surface area contributed by atoms with Gasteiger partial charge in [0.25, 0.3) is 0 Å². The number of nitrogens with two attached hydrogens (primary N) is 1. The Kier molecular flexibility index (Phi) is 4.89. The molecule has 0 saturated carbocycles. The Morgan fingerprint density at radius 3 is 1.47 bits per heavy atom. The van der Waals surface area contributed by atoms with Gasteiger partial charge >= 0.3 is 0 Å². The highest BCUT2D eigenvalue weighted by Gasteiger charge is 2.37. The van der Waals surface area contributed by atoms with E-state index >= 15 is 0 Å². The minimum atomic E-state index is -1.15. The van der Waals surface area contributed by atoms with Gasteiger partial charge in [0.05, 0.1) is 11.1 Å². The molecule has 0 saturated heterocycles. The molecule has 6 nitrogen and oxygen atoms in total. The van der Waals surface area contributed by atoms with Gasteiger partial charge in [-0.3, -0.25) is 14.4 Å². The van der Waals surface area contributed by atoms with Gasteiger partial charge in [0.15, 0.2) is 5.78 Å². The van der Waals surface area contributed by atoms with Gasteiger partial charge < -0.3 is 16.4 Å². The second-order valence-electron chi connectivity index (χ2n) is 6.44. The van der Waals surface area contributed by atoms with Crippen molar-refractivity contribution in [1.29, 1.82) is 0 Å². The first-order valence-electron chi connectivity index (χ1n) is 6.15. The molecule has 0 rings (SSSR count). The molecule has 0 aromatic carbocycles. The van der Waals surface area contributed by atoms with Crippen LogP contribution in [-0.2, 0) is 14.4 Å². The van der Waals surface area contributed by atoms with Gasteiger partial charge in [-0.1, -0.05) is 0 Å². The van der Waals surface area contributed by atoms with Crippen LogP contribution in [0.4, 0.5) is 0 Å². The number of carbonyl (C=O) groups is 3. The summed E-state index contributed by atoms with van der Waals surface area (Å²) in [6.45, 7) is 10.8. The van der Waals surface area contributed by atoms with Crippen LogP contribution in [0, 0.1) is 0 Å². The summed E-state index contributed by atoms with van der Waals surface area (Å²) >= 11 is 0. The summed E-state index contributed by atoms with van der Waals surface area (Å²) in [6.07, 6.45) is 0. The summed E-state index contributed by atoms with van der Waals surface area (Å²) in [5.41, 5.74) is 2.46. The summed E-state index contributed by atoms with van der Waals surface area (Å²) in [6, 6.07) is 0. The SMILES string of the molecule is CC(=O)C(C)(C)NC(=O)C(C)(C)NC(=O)C(C)(C)N. The van der Waals surface area contributed by atoms with Gasteiger partial charge in [0.2, 0.25) is 11.8 Å². The summed E-state index contributed by atoms with van der Waals surface area (Å²) in [7, 11) is 0. The molecule has 19 heavy (non-hydrogen) atoms. The molecule has 0 radical (unpaired) electrons. The number of Topliss-reactive ketones (excluding diaryl/α,β-unsaturated/α-hetero) is 1. The van der Waals surface area contributed by atoms with Gasteiger partial charge in [-0.25, -0.2) is 0 Å². The van der Waals surface area contributed by atoms with Gasteiger partial charge in [0.1, 0.15) is 5.54 Å². The van der Waals surface area contributed by atoms with Gasteiger partial charge in [0, 0.05) is 0 Å². The summed E-state index contributed by atoms with van der Waals surface area (Å²) in [5, 5.41) is 5.18. The van der Waals surface area contributed by atoms with Crippen LogP contribution in [0.5, 0.6) is 0 Å². The first kappa shape index (κ1) is 17.6. The number of hydrogen-bond acceptors (Lipinski definition) is 4. The molecular formula is C13H25N3O3. The molecule has 2 amide bonds. The van der Waals surface area contributed by atoms with E-state index in [4.69, 9.17) is 5.73 Å². The van der Waals surface area contributed by atoms with Crippen LogP contribution >= 0.6 is 0 Å². The van der Waals surface area contributed by atoms with Crippen molar-refractivity contribution in [3.8, 4) is 0 Å². The molecule has 0 heterocycles. The maximum Gasteiger partial charge on any atom is 0.245 e. The van der Waals surface area contributed by atoms with Crippen LogP contribution in [0.15, 0.2) is 0 Å². The van der Waals surface area contributed by atoms with Crippen LogP contribution in [0.2, 0.25) is 0 Å². The Labute approximate surface area is 114 Å². The lowest BCUT2D eigenvalue weighted by molar-refractivity contribution is -0.137. The topological polar surface area (TPSA) is 101 Å². The standard InChI is InChI=1S/C13H25N3O3/c1-8(17)12(4,5)16-10(19)13(6,7)15-9(18)11(2,3)14/h14H2,1-7H3,(H,15,18)(H,16,19). The molecular weight excluding hydrogens is 246 g/mol. The monoisotopic (exact) mass is 271 g/mol. The molecule has 6 heteroatoms. The van der Waals surface area contributed by atoms with Crippen molar-refractivity contribution in [2.24, 2.45) is 5.73 Å². The van der Waals surface area contributed by atoms with Crippen molar-refractivity contribution in [3.05, 3.63) is 0 Å². The van der Waals surface area contributed by atoms with Crippen molar-refractivity contribution in [2.75, 3.05) is 0 Å². The maximum absolute atomic E-state index is 12.1. The zero-order valence-corrected chi connectivity index (χ0v) is 12.8. The highest BCUT2D eigenvalue weighted by molar-refractivity contribution is 5.97. The largest absolute Gasteiger partial charge is 0.342 e. The Bertz CT molecular complexity index is 392. The molecule has 0 aliphatic rings. The third kappa shape index (κ3) is 4.98. The van der Waals surface area contributed by atoms with Crippen LogP contribution in [0.25, 0.3) is 0 Å². The van der Waals surface area contributed by atoms with Crippen LogP contribution in [-0.4, -0.2) is 34.2 Å². The van der Waals surface area contributed by atoms with Crippen molar-refractivity contribution in [2.45, 2.75) is 65.1 Å². The predicted octanol–water partition coefficient (Wildman–Crippen LogP) is 0.102. The Morgan fingerprint density at radius 2 is 1.16 bits per heavy atom. The van der Waals surface area contributed by atoms with E-state index in [0.29, 0.717) is 0 Å². The number of rotatable bonds is 5. The van der Waals surface area contributed by atoms with E-state index in [9.17, 15) is 14.4 Å². The van der Waals surface area contributed by atoms with Gasteiger partial charge in [-0.2, -0.15) is 0 Å². The van der Waals surface area contributed by atoms with Crippen LogP contribution in [0.3, 0.4) is 0 Å². The first-order valence-corrected chi connectivity index (χ1v) is 6.15. The smallest absolute Gasteiger partial charge is 0.245 e. The quantitative estimate of drug-likeness (QED) is 0.660. The third-order valence-corrected chi connectivity index (χ3v) is 2.89. The zero-order chi connectivity index (χ0) is 15.6. The van der Waals surface area contributed by atoms with E-state index in [1.807, 2.05) is 0 Å². The Balaban J connectivity index is 4.89. The van der Waals surface area contributed by atoms with E-state index in [1.54, 1.807) is 41.5 Å². The molecule has 0 aromatic heterocycles. The third-order valence-electron chi connectivity index (χ3n) is 2.89. The fraction of sp³-hybridized carbons (Fsp3) is 0.769. The maximum atomic E-state index is 12.1. The molecule has 0 spiro atoms. The van der Waals surface area contributed by atoms with Crippen molar-refractivity contribution in [1.82, 2.24) is 10.6 Å². The van der Waals surface area contributed by atoms with Crippen molar-refractivity contribution < 1.29 is 14.4 Å². The second kappa shape index (κ2) is 5.28. The number of amides is 2. The average molecular weight is 271 g/mol. The Hall–Kier alpha value is -1.43. The molecule has 0 unspecified atom stereocenters. The highest BCUT2D eigenvalue weighted by atomic mass is 16.2. The normalized spacial score (nSPS) is 12.8. The second-order valence-corrected chi connectivity index (χ2v) is 6.44. The molecule has 0 aliphatic heterocycles.